The van der Waals surface area contributed by atoms with Crippen molar-refractivity contribution in [2.75, 3.05) is 0 Å². The summed E-state index contributed by atoms with van der Waals surface area (Å²) in [7, 11) is 1.82. The summed E-state index contributed by atoms with van der Waals surface area (Å²) in [4.78, 5) is 3.84. The molecule has 0 radical (unpaired) electrons. The van der Waals surface area contributed by atoms with Crippen molar-refractivity contribution in [3.05, 3.63) is 18.2 Å². The number of aryl methyl sites for hydroxylation is 1. The maximum atomic E-state index is 5.40. The van der Waals surface area contributed by atoms with Gasteiger partial charge in [0, 0.05) is 7.05 Å². The summed E-state index contributed by atoms with van der Waals surface area (Å²) in [6.07, 6.45) is 3.24. The van der Waals surface area contributed by atoms with E-state index in [1.165, 1.54) is 0 Å². The minimum atomic E-state index is 0.292. The minimum absolute atomic E-state index is 0.292. The quantitative estimate of drug-likeness (QED) is 0.226. The SMILES string of the molecule is Cn1cncc1C(N)=NN. The second-order valence-corrected chi connectivity index (χ2v) is 1.90. The summed E-state index contributed by atoms with van der Waals surface area (Å²) in [6.45, 7) is 0. The van der Waals surface area contributed by atoms with Gasteiger partial charge >= 0.3 is 0 Å². The van der Waals surface area contributed by atoms with Crippen LogP contribution in [-0.2, 0) is 7.05 Å². The van der Waals surface area contributed by atoms with Crippen molar-refractivity contribution >= 4 is 5.84 Å². The molecule has 0 amide bonds. The maximum Gasteiger partial charge on any atom is 0.168 e. The first kappa shape index (κ1) is 6.60. The van der Waals surface area contributed by atoms with Crippen LogP contribution >= 0.6 is 0 Å². The van der Waals surface area contributed by atoms with Gasteiger partial charge in [-0.25, -0.2) is 4.98 Å². The Kier molecular flexibility index (Phi) is 1.57. The van der Waals surface area contributed by atoms with Crippen LogP contribution < -0.4 is 11.6 Å². The Labute approximate surface area is 58.3 Å². The molecule has 0 saturated carbocycles. The van der Waals surface area contributed by atoms with E-state index < -0.39 is 0 Å². The number of hydrogen-bond acceptors (Lipinski definition) is 3. The van der Waals surface area contributed by atoms with Gasteiger partial charge in [0.15, 0.2) is 5.84 Å². The molecule has 0 saturated heterocycles. The van der Waals surface area contributed by atoms with E-state index in [1.54, 1.807) is 17.1 Å². The Morgan fingerprint density at radius 1 is 1.80 bits per heavy atom. The van der Waals surface area contributed by atoms with Gasteiger partial charge in [0.05, 0.1) is 12.5 Å². The molecule has 0 aliphatic carbocycles. The highest BCUT2D eigenvalue weighted by molar-refractivity contribution is 5.95. The topological polar surface area (TPSA) is 82.2 Å². The number of nitrogens with two attached hydrogens (primary N) is 2. The van der Waals surface area contributed by atoms with Crippen molar-refractivity contribution in [3.8, 4) is 0 Å². The van der Waals surface area contributed by atoms with Gasteiger partial charge in [-0.2, -0.15) is 5.10 Å². The first-order chi connectivity index (χ1) is 4.75. The minimum Gasteiger partial charge on any atom is -0.381 e. The van der Waals surface area contributed by atoms with Gasteiger partial charge in [0.1, 0.15) is 5.69 Å². The van der Waals surface area contributed by atoms with Crippen LogP contribution in [-0.4, -0.2) is 15.4 Å². The van der Waals surface area contributed by atoms with E-state index in [0.29, 0.717) is 5.84 Å². The zero-order valence-electron chi connectivity index (χ0n) is 5.65. The van der Waals surface area contributed by atoms with Crippen LogP contribution in [0, 0.1) is 0 Å². The molecular weight excluding hydrogens is 130 g/mol. The molecule has 1 heterocycles. The third-order valence-corrected chi connectivity index (χ3v) is 1.22. The highest BCUT2D eigenvalue weighted by Crippen LogP contribution is 1.93. The Bertz CT molecular complexity index is 248. The molecule has 4 N–H and O–H groups in total. The largest absolute Gasteiger partial charge is 0.381 e. The molecule has 0 bridgehead atoms. The number of rotatable bonds is 1. The second-order valence-electron chi connectivity index (χ2n) is 1.90. The van der Waals surface area contributed by atoms with Gasteiger partial charge in [-0.3, -0.25) is 0 Å². The highest BCUT2D eigenvalue weighted by atomic mass is 15.2. The average Bonchev–Trinajstić information content (AvgIpc) is 2.34. The molecule has 1 aromatic heterocycles. The molecule has 5 heteroatoms. The summed E-state index contributed by atoms with van der Waals surface area (Å²) in [5, 5.41) is 3.33. The maximum absolute atomic E-state index is 5.40. The second kappa shape index (κ2) is 2.38. The van der Waals surface area contributed by atoms with Gasteiger partial charge in [0.2, 0.25) is 0 Å². The van der Waals surface area contributed by atoms with E-state index in [-0.39, 0.29) is 0 Å². The lowest BCUT2D eigenvalue weighted by Crippen LogP contribution is -2.18. The monoisotopic (exact) mass is 139 g/mol. The molecule has 54 valence electrons. The Morgan fingerprint density at radius 3 is 2.90 bits per heavy atom. The number of aromatic nitrogens is 2. The zero-order valence-corrected chi connectivity index (χ0v) is 5.65. The van der Waals surface area contributed by atoms with E-state index in [9.17, 15) is 0 Å². The summed E-state index contributed by atoms with van der Waals surface area (Å²) in [5.41, 5.74) is 6.13. The van der Waals surface area contributed by atoms with Crippen molar-refractivity contribution in [2.45, 2.75) is 0 Å². The fraction of sp³-hybridized carbons (Fsp3) is 0.200. The highest BCUT2D eigenvalue weighted by Gasteiger charge is 2.00. The molecule has 0 fully saturated rings. The summed E-state index contributed by atoms with van der Waals surface area (Å²) < 4.78 is 1.74. The average molecular weight is 139 g/mol. The number of nitrogens with zero attached hydrogens (tertiary/aromatic N) is 3. The van der Waals surface area contributed by atoms with Crippen LogP contribution in [0.4, 0.5) is 0 Å². The Morgan fingerprint density at radius 2 is 2.50 bits per heavy atom. The molecule has 0 aliphatic heterocycles. The van der Waals surface area contributed by atoms with Crippen LogP contribution in [0.25, 0.3) is 0 Å². The molecule has 0 spiro atoms. The third kappa shape index (κ3) is 0.928. The fourth-order valence-electron chi connectivity index (χ4n) is 0.670. The van der Waals surface area contributed by atoms with Crippen LogP contribution in [0.3, 0.4) is 0 Å². The number of amidine groups is 1. The molecule has 5 nitrogen and oxygen atoms in total. The lowest BCUT2D eigenvalue weighted by molar-refractivity contribution is 0.898. The normalized spacial score (nSPS) is 11.9. The van der Waals surface area contributed by atoms with Gasteiger partial charge in [-0.1, -0.05) is 0 Å². The Balaban J connectivity index is 3.05. The fourth-order valence-corrected chi connectivity index (χ4v) is 0.670. The predicted octanol–water partition coefficient (Wildman–Crippen LogP) is -1.00. The summed E-state index contributed by atoms with van der Waals surface area (Å²) in [5.74, 6) is 5.25. The summed E-state index contributed by atoms with van der Waals surface area (Å²) >= 11 is 0. The molecule has 0 unspecified atom stereocenters. The van der Waals surface area contributed by atoms with E-state index in [4.69, 9.17) is 11.6 Å². The van der Waals surface area contributed by atoms with Crippen molar-refractivity contribution in [1.82, 2.24) is 9.55 Å². The number of hydrazone groups is 1. The van der Waals surface area contributed by atoms with E-state index in [1.807, 2.05) is 7.05 Å². The van der Waals surface area contributed by atoms with Gasteiger partial charge in [0.25, 0.3) is 0 Å². The first-order valence-electron chi connectivity index (χ1n) is 2.75. The van der Waals surface area contributed by atoms with Crippen LogP contribution in [0.5, 0.6) is 0 Å². The van der Waals surface area contributed by atoms with Gasteiger partial charge in [-0.15, -0.1) is 0 Å². The molecule has 1 rings (SSSR count). The lowest BCUT2D eigenvalue weighted by atomic mass is 10.4. The van der Waals surface area contributed by atoms with E-state index in [2.05, 4.69) is 10.1 Å². The smallest absolute Gasteiger partial charge is 0.168 e. The summed E-state index contributed by atoms with van der Waals surface area (Å²) in [6, 6.07) is 0. The Hall–Kier alpha value is -1.52. The molecule has 1 aromatic rings. The standard InChI is InChI=1S/C5H9N5/c1-10-3-8-2-4(10)5(6)9-7/h2-3H,7H2,1H3,(H2,6,9). The van der Waals surface area contributed by atoms with Crippen molar-refractivity contribution in [1.29, 1.82) is 0 Å². The van der Waals surface area contributed by atoms with Crippen molar-refractivity contribution in [2.24, 2.45) is 23.7 Å². The molecular formula is C5H9N5. The first-order valence-corrected chi connectivity index (χ1v) is 2.75. The van der Waals surface area contributed by atoms with Crippen LogP contribution in [0.2, 0.25) is 0 Å². The van der Waals surface area contributed by atoms with Crippen LogP contribution in [0.15, 0.2) is 17.6 Å². The van der Waals surface area contributed by atoms with Crippen molar-refractivity contribution < 1.29 is 0 Å². The van der Waals surface area contributed by atoms with E-state index in [0.717, 1.165) is 5.69 Å². The zero-order chi connectivity index (χ0) is 7.56. The van der Waals surface area contributed by atoms with Gasteiger partial charge < -0.3 is 16.1 Å². The predicted molar refractivity (Wildman–Crippen MR) is 38.1 cm³/mol. The van der Waals surface area contributed by atoms with E-state index >= 15 is 0 Å². The van der Waals surface area contributed by atoms with Crippen molar-refractivity contribution in [3.63, 3.8) is 0 Å². The lowest BCUT2D eigenvalue weighted by Gasteiger charge is -1.97. The molecule has 0 aliphatic rings. The number of imidazole rings is 1. The van der Waals surface area contributed by atoms with Crippen LogP contribution in [0.1, 0.15) is 5.69 Å². The molecule has 0 atom stereocenters. The molecule has 0 aromatic carbocycles. The van der Waals surface area contributed by atoms with Gasteiger partial charge in [-0.05, 0) is 0 Å². The number of hydrogen-bond donors (Lipinski definition) is 2. The molecule has 10 heavy (non-hydrogen) atoms. The third-order valence-electron chi connectivity index (χ3n) is 1.22.